The summed E-state index contributed by atoms with van der Waals surface area (Å²) in [7, 11) is 0. The maximum atomic E-state index is 6.50. The van der Waals surface area contributed by atoms with Gasteiger partial charge >= 0.3 is 0 Å². The number of hydrogen-bond donors (Lipinski definition) is 0. The normalized spacial score (nSPS) is 11.5. The van der Waals surface area contributed by atoms with Gasteiger partial charge < -0.3 is 4.42 Å². The van der Waals surface area contributed by atoms with E-state index in [9.17, 15) is 0 Å². The number of hydrogen-bond acceptors (Lipinski definition) is 4. The molecule has 0 spiro atoms. The van der Waals surface area contributed by atoms with E-state index in [4.69, 9.17) is 9.40 Å². The molecule has 160 valence electrons. The first-order valence-electron chi connectivity index (χ1n) is 11.1. The molecule has 5 heteroatoms. The summed E-state index contributed by atoms with van der Waals surface area (Å²) >= 11 is 0. The molecule has 0 unspecified atom stereocenters. The number of para-hydroxylation sites is 2. The molecule has 7 aromatic rings. The van der Waals surface area contributed by atoms with E-state index in [1.807, 2.05) is 42.5 Å². The molecular formula is C29H18N4O. The van der Waals surface area contributed by atoms with Gasteiger partial charge in [0.15, 0.2) is 5.82 Å². The fraction of sp³-hybridized carbons (Fsp3) is 0. The van der Waals surface area contributed by atoms with Crippen LogP contribution < -0.4 is 0 Å². The van der Waals surface area contributed by atoms with Crippen molar-refractivity contribution in [2.75, 3.05) is 0 Å². The fourth-order valence-electron chi connectivity index (χ4n) is 4.64. The van der Waals surface area contributed by atoms with Crippen LogP contribution in [0.3, 0.4) is 0 Å². The van der Waals surface area contributed by atoms with Crippen LogP contribution in [0.1, 0.15) is 0 Å². The smallest absolute Gasteiger partial charge is 0.200 e. The fourth-order valence-corrected chi connectivity index (χ4v) is 4.64. The predicted molar refractivity (Wildman–Crippen MR) is 135 cm³/mol. The molecule has 0 aliphatic heterocycles. The molecule has 0 aliphatic rings. The van der Waals surface area contributed by atoms with Crippen molar-refractivity contribution < 1.29 is 4.42 Å². The maximum Gasteiger partial charge on any atom is 0.200 e. The van der Waals surface area contributed by atoms with Crippen molar-refractivity contribution in [1.82, 2.24) is 19.7 Å². The Bertz CT molecular complexity index is 1800. The molecule has 7 rings (SSSR count). The van der Waals surface area contributed by atoms with Gasteiger partial charge in [-0.3, -0.25) is 4.57 Å². The summed E-state index contributed by atoms with van der Waals surface area (Å²) in [6.07, 6.45) is 1.69. The van der Waals surface area contributed by atoms with E-state index in [1.54, 1.807) is 6.20 Å². The monoisotopic (exact) mass is 438 g/mol. The molecule has 0 bridgehead atoms. The van der Waals surface area contributed by atoms with Crippen molar-refractivity contribution in [3.63, 3.8) is 0 Å². The number of fused-ring (bicyclic) bond motifs is 4. The summed E-state index contributed by atoms with van der Waals surface area (Å²) in [5.74, 6) is 0.773. The number of benzene rings is 4. The zero-order chi connectivity index (χ0) is 22.5. The number of imidazole rings is 1. The van der Waals surface area contributed by atoms with Gasteiger partial charge in [-0.15, -0.1) is 5.10 Å². The summed E-state index contributed by atoms with van der Waals surface area (Å²) in [4.78, 5) is 4.87. The highest BCUT2D eigenvalue weighted by Crippen LogP contribution is 2.38. The van der Waals surface area contributed by atoms with Crippen LogP contribution in [0.25, 0.3) is 61.3 Å². The lowest BCUT2D eigenvalue weighted by atomic mass is 10.0. The zero-order valence-corrected chi connectivity index (χ0v) is 18.1. The van der Waals surface area contributed by atoms with Gasteiger partial charge in [0.25, 0.3) is 0 Å². The third-order valence-electron chi connectivity index (χ3n) is 6.21. The molecule has 0 radical (unpaired) electrons. The van der Waals surface area contributed by atoms with Gasteiger partial charge in [0.1, 0.15) is 11.2 Å². The Morgan fingerprint density at radius 1 is 0.676 bits per heavy atom. The van der Waals surface area contributed by atoms with Crippen molar-refractivity contribution in [2.45, 2.75) is 0 Å². The van der Waals surface area contributed by atoms with Gasteiger partial charge in [-0.1, -0.05) is 66.7 Å². The summed E-state index contributed by atoms with van der Waals surface area (Å²) in [5, 5.41) is 10.5. The van der Waals surface area contributed by atoms with Crippen LogP contribution in [0.4, 0.5) is 0 Å². The summed E-state index contributed by atoms with van der Waals surface area (Å²) in [6.45, 7) is 0. The Kier molecular flexibility index (Phi) is 4.08. The highest BCUT2D eigenvalue weighted by molar-refractivity contribution is 6.10. The standard InChI is InChI=1S/C29H18N4O/c1-3-8-19(9-4-1)20-14-15-22-23-12-7-13-24(27(23)34-26(22)18-20)29-31-28-25(16-17-30-32-28)33(29)21-10-5-2-6-11-21/h1-18H. The number of nitrogens with zero attached hydrogens (tertiary/aromatic N) is 4. The average molecular weight is 438 g/mol. The predicted octanol–water partition coefficient (Wildman–Crippen LogP) is 7.05. The average Bonchev–Trinajstić information content (AvgIpc) is 3.48. The van der Waals surface area contributed by atoms with Crippen molar-refractivity contribution >= 4 is 33.1 Å². The minimum absolute atomic E-state index is 0.598. The molecule has 0 N–H and O–H groups in total. The van der Waals surface area contributed by atoms with Crippen LogP contribution in [-0.4, -0.2) is 19.7 Å². The molecular weight excluding hydrogens is 420 g/mol. The third kappa shape index (κ3) is 2.84. The van der Waals surface area contributed by atoms with E-state index in [1.165, 1.54) is 0 Å². The Morgan fingerprint density at radius 2 is 1.50 bits per heavy atom. The summed E-state index contributed by atoms with van der Waals surface area (Å²) in [5.41, 5.74) is 7.37. The highest BCUT2D eigenvalue weighted by Gasteiger charge is 2.20. The van der Waals surface area contributed by atoms with Crippen LogP contribution in [0.5, 0.6) is 0 Å². The molecule has 0 amide bonds. The van der Waals surface area contributed by atoms with Crippen molar-refractivity contribution in [3.05, 3.63) is 109 Å². The van der Waals surface area contributed by atoms with Gasteiger partial charge in [-0.05, 0) is 47.5 Å². The second-order valence-electron chi connectivity index (χ2n) is 8.21. The molecule has 0 saturated carbocycles. The Balaban J connectivity index is 1.50. The molecule has 0 aliphatic carbocycles. The largest absolute Gasteiger partial charge is 0.455 e. The van der Waals surface area contributed by atoms with Gasteiger partial charge in [-0.2, -0.15) is 5.10 Å². The lowest BCUT2D eigenvalue weighted by Crippen LogP contribution is -1.97. The molecule has 4 aromatic carbocycles. The highest BCUT2D eigenvalue weighted by atomic mass is 16.3. The van der Waals surface area contributed by atoms with Gasteiger partial charge in [-0.25, -0.2) is 4.98 Å². The van der Waals surface area contributed by atoms with Crippen LogP contribution in [0.15, 0.2) is 114 Å². The maximum absolute atomic E-state index is 6.50. The second kappa shape index (κ2) is 7.39. The number of aromatic nitrogens is 4. The lowest BCUT2D eigenvalue weighted by molar-refractivity contribution is 0.669. The number of furan rings is 1. The quantitative estimate of drug-likeness (QED) is 0.297. The summed E-state index contributed by atoms with van der Waals surface area (Å²) < 4.78 is 8.61. The molecule has 3 heterocycles. The first kappa shape index (κ1) is 18.8. The van der Waals surface area contributed by atoms with Gasteiger partial charge in [0.2, 0.25) is 5.65 Å². The van der Waals surface area contributed by atoms with Crippen LogP contribution in [0, 0.1) is 0 Å². The van der Waals surface area contributed by atoms with Crippen LogP contribution >= 0.6 is 0 Å². The van der Waals surface area contributed by atoms with E-state index in [0.29, 0.717) is 5.65 Å². The number of rotatable bonds is 3. The van der Waals surface area contributed by atoms with Crippen molar-refractivity contribution in [1.29, 1.82) is 0 Å². The topological polar surface area (TPSA) is 56.7 Å². The molecule has 3 aromatic heterocycles. The SMILES string of the molecule is c1ccc(-c2ccc3c(c2)oc2c(-c4nc5nnccc5n4-c4ccccc4)cccc23)cc1. The van der Waals surface area contributed by atoms with Gasteiger partial charge in [0.05, 0.1) is 17.3 Å². The van der Waals surface area contributed by atoms with E-state index in [-0.39, 0.29) is 0 Å². The van der Waals surface area contributed by atoms with E-state index >= 15 is 0 Å². The second-order valence-corrected chi connectivity index (χ2v) is 8.21. The molecule has 34 heavy (non-hydrogen) atoms. The van der Waals surface area contributed by atoms with E-state index < -0.39 is 0 Å². The van der Waals surface area contributed by atoms with Crippen molar-refractivity contribution in [2.24, 2.45) is 0 Å². The first-order chi connectivity index (χ1) is 16.9. The van der Waals surface area contributed by atoms with E-state index in [2.05, 4.69) is 75.4 Å². The Morgan fingerprint density at radius 3 is 2.35 bits per heavy atom. The first-order valence-corrected chi connectivity index (χ1v) is 11.1. The van der Waals surface area contributed by atoms with E-state index in [0.717, 1.165) is 55.7 Å². The third-order valence-corrected chi connectivity index (χ3v) is 6.21. The zero-order valence-electron chi connectivity index (χ0n) is 18.1. The van der Waals surface area contributed by atoms with Gasteiger partial charge in [0, 0.05) is 16.5 Å². The minimum Gasteiger partial charge on any atom is -0.455 e. The molecule has 0 fully saturated rings. The Labute approximate surface area is 194 Å². The van der Waals surface area contributed by atoms with Crippen LogP contribution in [0.2, 0.25) is 0 Å². The van der Waals surface area contributed by atoms with Crippen molar-refractivity contribution in [3.8, 4) is 28.2 Å². The summed E-state index contributed by atoms with van der Waals surface area (Å²) in [6, 6.07) is 35.1. The lowest BCUT2D eigenvalue weighted by Gasteiger charge is -2.09. The molecule has 5 nitrogen and oxygen atoms in total. The van der Waals surface area contributed by atoms with Crippen LogP contribution in [-0.2, 0) is 0 Å². The Hall–Kier alpha value is -4.77. The minimum atomic E-state index is 0.598. The molecule has 0 atom stereocenters. The molecule has 0 saturated heterocycles.